The number of likely N-dealkylation sites (N-methyl/N-ethyl adjacent to an activating group) is 1. The maximum atomic E-state index is 12.1. The molecule has 140 valence electrons. The lowest BCUT2D eigenvalue weighted by Crippen LogP contribution is -3.08. The minimum absolute atomic E-state index is 0.0723. The van der Waals surface area contributed by atoms with Gasteiger partial charge < -0.3 is 19.7 Å². The third-order valence-corrected chi connectivity index (χ3v) is 4.26. The highest BCUT2D eigenvalue weighted by Gasteiger charge is 2.13. The Morgan fingerprint density at radius 1 is 1.08 bits per heavy atom. The van der Waals surface area contributed by atoms with Crippen molar-refractivity contribution in [2.45, 2.75) is 19.4 Å². The minimum atomic E-state index is 0.0723. The lowest BCUT2D eigenvalue weighted by atomic mass is 10.1. The van der Waals surface area contributed by atoms with E-state index >= 15 is 0 Å². The van der Waals surface area contributed by atoms with Crippen molar-refractivity contribution in [3.05, 3.63) is 59.7 Å². The van der Waals surface area contributed by atoms with Crippen LogP contribution in [0.2, 0.25) is 0 Å². The SMILES string of the molecule is COc1ccc(C[NH+](C)CC(=O)NCCCc2ccccc2)c(OC)c1. The van der Waals surface area contributed by atoms with Crippen LogP contribution in [0.25, 0.3) is 0 Å². The Labute approximate surface area is 155 Å². The van der Waals surface area contributed by atoms with E-state index in [1.807, 2.05) is 43.4 Å². The van der Waals surface area contributed by atoms with Crippen molar-refractivity contribution in [1.29, 1.82) is 0 Å². The molecule has 1 amide bonds. The fourth-order valence-corrected chi connectivity index (χ4v) is 2.89. The number of carbonyl (C=O) groups is 1. The molecular weight excluding hydrogens is 328 g/mol. The lowest BCUT2D eigenvalue weighted by molar-refractivity contribution is -0.885. The average molecular weight is 357 g/mol. The first-order valence-electron chi connectivity index (χ1n) is 8.95. The minimum Gasteiger partial charge on any atom is -0.497 e. The van der Waals surface area contributed by atoms with E-state index in [-0.39, 0.29) is 5.91 Å². The molecule has 0 saturated carbocycles. The van der Waals surface area contributed by atoms with E-state index in [2.05, 4.69) is 17.4 Å². The van der Waals surface area contributed by atoms with Crippen LogP contribution in [-0.2, 0) is 17.8 Å². The van der Waals surface area contributed by atoms with Crippen LogP contribution in [0.1, 0.15) is 17.5 Å². The van der Waals surface area contributed by atoms with Crippen LogP contribution < -0.4 is 19.7 Å². The van der Waals surface area contributed by atoms with Gasteiger partial charge in [0.2, 0.25) is 0 Å². The van der Waals surface area contributed by atoms with E-state index < -0.39 is 0 Å². The van der Waals surface area contributed by atoms with E-state index in [0.717, 1.165) is 34.8 Å². The van der Waals surface area contributed by atoms with Crippen molar-refractivity contribution in [3.8, 4) is 11.5 Å². The first-order chi connectivity index (χ1) is 12.6. The molecule has 0 bridgehead atoms. The van der Waals surface area contributed by atoms with Gasteiger partial charge in [0.05, 0.1) is 21.3 Å². The standard InChI is InChI=1S/C21H28N2O3/c1-23(15-18-11-12-19(25-2)14-20(18)26-3)16-21(24)22-13-7-10-17-8-5-4-6-9-17/h4-6,8-9,11-12,14H,7,10,13,15-16H2,1-3H3,(H,22,24)/p+1. The number of carbonyl (C=O) groups excluding carboxylic acids is 1. The van der Waals surface area contributed by atoms with Crippen LogP contribution in [0.4, 0.5) is 0 Å². The zero-order chi connectivity index (χ0) is 18.8. The number of rotatable bonds is 10. The average Bonchev–Trinajstić information content (AvgIpc) is 2.66. The molecule has 0 radical (unpaired) electrons. The second-order valence-electron chi connectivity index (χ2n) is 6.43. The summed E-state index contributed by atoms with van der Waals surface area (Å²) < 4.78 is 10.6. The van der Waals surface area contributed by atoms with Gasteiger partial charge in [-0.25, -0.2) is 0 Å². The van der Waals surface area contributed by atoms with Gasteiger partial charge in [-0.15, -0.1) is 0 Å². The number of hydrogen-bond acceptors (Lipinski definition) is 3. The number of nitrogens with one attached hydrogen (secondary N) is 2. The number of hydrogen-bond donors (Lipinski definition) is 2. The third kappa shape index (κ3) is 6.41. The summed E-state index contributed by atoms with van der Waals surface area (Å²) in [7, 11) is 5.29. The molecule has 0 aliphatic heterocycles. The van der Waals surface area contributed by atoms with Gasteiger partial charge in [-0.3, -0.25) is 4.79 Å². The molecule has 5 heteroatoms. The van der Waals surface area contributed by atoms with Gasteiger partial charge in [0, 0.05) is 18.2 Å². The van der Waals surface area contributed by atoms with Gasteiger partial charge in [-0.05, 0) is 30.5 Å². The summed E-state index contributed by atoms with van der Waals surface area (Å²) in [6, 6.07) is 16.1. The molecule has 0 aliphatic rings. The summed E-state index contributed by atoms with van der Waals surface area (Å²) >= 11 is 0. The Morgan fingerprint density at radius 3 is 2.54 bits per heavy atom. The highest BCUT2D eigenvalue weighted by Crippen LogP contribution is 2.23. The zero-order valence-corrected chi connectivity index (χ0v) is 15.9. The van der Waals surface area contributed by atoms with Crippen molar-refractivity contribution >= 4 is 5.91 Å². The normalized spacial score (nSPS) is 11.7. The second-order valence-corrected chi connectivity index (χ2v) is 6.43. The number of quaternary nitrogens is 1. The largest absolute Gasteiger partial charge is 0.497 e. The summed E-state index contributed by atoms with van der Waals surface area (Å²) in [5, 5.41) is 3.01. The molecule has 0 saturated heterocycles. The van der Waals surface area contributed by atoms with Gasteiger partial charge >= 0.3 is 0 Å². The van der Waals surface area contributed by atoms with Crippen molar-refractivity contribution in [2.24, 2.45) is 0 Å². The number of ether oxygens (including phenoxy) is 2. The van der Waals surface area contributed by atoms with Gasteiger partial charge in [-0.1, -0.05) is 30.3 Å². The quantitative estimate of drug-likeness (QED) is 0.633. The second kappa shape index (κ2) is 10.5. The number of methoxy groups -OCH3 is 2. The highest BCUT2D eigenvalue weighted by atomic mass is 16.5. The summed E-state index contributed by atoms with van der Waals surface area (Å²) in [5.74, 6) is 1.62. The fraction of sp³-hybridized carbons (Fsp3) is 0.381. The predicted octanol–water partition coefficient (Wildman–Crippen LogP) is 1.47. The lowest BCUT2D eigenvalue weighted by Gasteiger charge is -2.16. The summed E-state index contributed by atoms with van der Waals surface area (Å²) in [6.07, 6.45) is 1.92. The molecule has 2 aromatic rings. The molecule has 0 fully saturated rings. The molecule has 2 aromatic carbocycles. The Bertz CT molecular complexity index is 689. The maximum Gasteiger partial charge on any atom is 0.275 e. The molecule has 1 unspecified atom stereocenters. The van der Waals surface area contributed by atoms with Crippen LogP contribution in [-0.4, -0.2) is 40.3 Å². The van der Waals surface area contributed by atoms with Crippen LogP contribution >= 0.6 is 0 Å². The molecule has 5 nitrogen and oxygen atoms in total. The molecular formula is C21H29N2O3+. The first kappa shape index (κ1) is 19.8. The number of amides is 1. The van der Waals surface area contributed by atoms with E-state index in [1.54, 1.807) is 14.2 Å². The molecule has 2 N–H and O–H groups in total. The summed E-state index contributed by atoms with van der Waals surface area (Å²) in [4.78, 5) is 13.2. The third-order valence-electron chi connectivity index (χ3n) is 4.26. The Kier molecular flexibility index (Phi) is 7.96. The van der Waals surface area contributed by atoms with E-state index in [4.69, 9.17) is 9.47 Å². The summed E-state index contributed by atoms with van der Waals surface area (Å²) in [5.41, 5.74) is 2.36. The van der Waals surface area contributed by atoms with Crippen LogP contribution in [0, 0.1) is 0 Å². The number of benzene rings is 2. The van der Waals surface area contributed by atoms with Crippen LogP contribution in [0.15, 0.2) is 48.5 Å². The summed E-state index contributed by atoms with van der Waals surface area (Å²) in [6.45, 7) is 1.85. The molecule has 26 heavy (non-hydrogen) atoms. The Hall–Kier alpha value is -2.53. The molecule has 0 aromatic heterocycles. The smallest absolute Gasteiger partial charge is 0.275 e. The highest BCUT2D eigenvalue weighted by molar-refractivity contribution is 5.76. The van der Waals surface area contributed by atoms with E-state index in [1.165, 1.54) is 5.56 Å². The number of aryl methyl sites for hydroxylation is 1. The van der Waals surface area contributed by atoms with Gasteiger partial charge in [0.1, 0.15) is 18.0 Å². The molecule has 0 heterocycles. The van der Waals surface area contributed by atoms with Gasteiger partial charge in [0.15, 0.2) is 6.54 Å². The van der Waals surface area contributed by atoms with Crippen molar-refractivity contribution in [2.75, 3.05) is 34.4 Å². The van der Waals surface area contributed by atoms with Gasteiger partial charge in [-0.2, -0.15) is 0 Å². The monoisotopic (exact) mass is 357 g/mol. The fourth-order valence-electron chi connectivity index (χ4n) is 2.89. The molecule has 0 spiro atoms. The maximum absolute atomic E-state index is 12.1. The molecule has 0 aliphatic carbocycles. The van der Waals surface area contributed by atoms with E-state index in [9.17, 15) is 4.79 Å². The van der Waals surface area contributed by atoms with E-state index in [0.29, 0.717) is 19.6 Å². The predicted molar refractivity (Wildman–Crippen MR) is 103 cm³/mol. The Morgan fingerprint density at radius 2 is 1.85 bits per heavy atom. The van der Waals surface area contributed by atoms with Gasteiger partial charge in [0.25, 0.3) is 5.91 Å². The Balaban J connectivity index is 1.73. The van der Waals surface area contributed by atoms with Crippen LogP contribution in [0.3, 0.4) is 0 Å². The molecule has 1 atom stereocenters. The first-order valence-corrected chi connectivity index (χ1v) is 8.95. The molecule has 2 rings (SSSR count). The van der Waals surface area contributed by atoms with Crippen LogP contribution in [0.5, 0.6) is 11.5 Å². The van der Waals surface area contributed by atoms with Crippen molar-refractivity contribution in [3.63, 3.8) is 0 Å². The van der Waals surface area contributed by atoms with Crippen molar-refractivity contribution in [1.82, 2.24) is 5.32 Å². The van der Waals surface area contributed by atoms with Crippen molar-refractivity contribution < 1.29 is 19.2 Å². The topological polar surface area (TPSA) is 52.0 Å². The zero-order valence-electron chi connectivity index (χ0n) is 15.9.